The Hall–Kier alpha value is -1.59. The van der Waals surface area contributed by atoms with E-state index in [2.05, 4.69) is 5.32 Å². The Balaban J connectivity index is 1.40. The topological polar surface area (TPSA) is 84.9 Å². The summed E-state index contributed by atoms with van der Waals surface area (Å²) in [6.07, 6.45) is 2.22. The third-order valence-electron chi connectivity index (χ3n) is 5.00. The lowest BCUT2D eigenvalue weighted by molar-refractivity contribution is 0.0679. The zero-order valence-corrected chi connectivity index (χ0v) is 18.9. The van der Waals surface area contributed by atoms with Gasteiger partial charge in [-0.1, -0.05) is 0 Å². The van der Waals surface area contributed by atoms with Gasteiger partial charge in [-0.25, -0.2) is 8.42 Å². The summed E-state index contributed by atoms with van der Waals surface area (Å²) in [4.78, 5) is 13.1. The number of benzene rings is 1. The van der Waals surface area contributed by atoms with Gasteiger partial charge in [0.05, 0.1) is 6.10 Å². The lowest BCUT2D eigenvalue weighted by Crippen LogP contribution is -2.38. The Morgan fingerprint density at radius 1 is 1.20 bits per heavy atom. The highest BCUT2D eigenvalue weighted by Gasteiger charge is 2.31. The predicted molar refractivity (Wildman–Crippen MR) is 119 cm³/mol. The first-order valence-corrected chi connectivity index (χ1v) is 13.3. The fourth-order valence-corrected chi connectivity index (χ4v) is 7.25. The lowest BCUT2D eigenvalue weighted by atomic mass is 10.2. The van der Waals surface area contributed by atoms with Gasteiger partial charge in [0.15, 0.2) is 0 Å². The van der Waals surface area contributed by atoms with Crippen molar-refractivity contribution in [2.45, 2.75) is 23.8 Å². The maximum atomic E-state index is 13.0. The summed E-state index contributed by atoms with van der Waals surface area (Å²) in [7, 11) is -3.67. The molecule has 1 amide bonds. The number of thioether (sulfide) groups is 1. The van der Waals surface area contributed by atoms with E-state index in [0.717, 1.165) is 42.3 Å². The highest BCUT2D eigenvalue weighted by molar-refractivity contribution is 7.99. The van der Waals surface area contributed by atoms with Crippen LogP contribution in [0.15, 0.2) is 40.6 Å². The molecule has 1 atom stereocenters. The maximum absolute atomic E-state index is 13.0. The fourth-order valence-electron chi connectivity index (χ4n) is 3.38. The minimum absolute atomic E-state index is 0.0772. The maximum Gasteiger partial charge on any atom is 0.267 e. The van der Waals surface area contributed by atoms with Crippen LogP contribution >= 0.6 is 23.1 Å². The van der Waals surface area contributed by atoms with E-state index < -0.39 is 15.9 Å². The van der Waals surface area contributed by atoms with Crippen molar-refractivity contribution in [3.63, 3.8) is 0 Å². The first-order chi connectivity index (χ1) is 14.5. The van der Waals surface area contributed by atoms with Crippen LogP contribution in [-0.4, -0.2) is 62.5 Å². The smallest absolute Gasteiger partial charge is 0.267 e. The van der Waals surface area contributed by atoms with E-state index in [0.29, 0.717) is 31.1 Å². The molecule has 2 saturated heterocycles. The van der Waals surface area contributed by atoms with Crippen LogP contribution in [0.2, 0.25) is 0 Å². The van der Waals surface area contributed by atoms with Gasteiger partial charge in [0.25, 0.3) is 5.91 Å². The molecule has 0 saturated carbocycles. The monoisotopic (exact) mass is 468 g/mol. The minimum Gasteiger partial charge on any atom is -0.491 e. The van der Waals surface area contributed by atoms with Crippen molar-refractivity contribution in [1.82, 2.24) is 4.31 Å². The van der Waals surface area contributed by atoms with E-state index in [1.807, 2.05) is 0 Å². The van der Waals surface area contributed by atoms with Crippen molar-refractivity contribution in [3.05, 3.63) is 40.6 Å². The fraction of sp³-hybridized carbons (Fsp3) is 0.450. The molecule has 0 bridgehead atoms. The van der Waals surface area contributed by atoms with E-state index in [1.54, 1.807) is 41.4 Å². The van der Waals surface area contributed by atoms with Crippen LogP contribution in [-0.2, 0) is 14.8 Å². The molecule has 7 nitrogen and oxygen atoms in total. The quantitative estimate of drug-likeness (QED) is 0.671. The molecule has 1 unspecified atom stereocenters. The van der Waals surface area contributed by atoms with Crippen LogP contribution in [0.25, 0.3) is 0 Å². The average molecular weight is 469 g/mol. The summed E-state index contributed by atoms with van der Waals surface area (Å²) >= 11 is 2.87. The van der Waals surface area contributed by atoms with E-state index in [9.17, 15) is 13.2 Å². The summed E-state index contributed by atoms with van der Waals surface area (Å²) < 4.78 is 38.7. The second-order valence-corrected chi connectivity index (χ2v) is 11.1. The van der Waals surface area contributed by atoms with Crippen LogP contribution in [0.3, 0.4) is 0 Å². The second-order valence-electron chi connectivity index (χ2n) is 7.05. The van der Waals surface area contributed by atoms with Crippen LogP contribution < -0.4 is 10.1 Å². The van der Waals surface area contributed by atoms with Crippen molar-refractivity contribution in [3.8, 4) is 5.75 Å². The summed E-state index contributed by atoms with van der Waals surface area (Å²) in [6.45, 7) is 2.24. The number of thiophene rings is 1. The van der Waals surface area contributed by atoms with Crippen LogP contribution in [0.5, 0.6) is 5.75 Å². The van der Waals surface area contributed by atoms with Gasteiger partial charge < -0.3 is 14.8 Å². The second kappa shape index (κ2) is 9.69. The standard InChI is InChI=1S/C20H24N2O5S3/c23-20(19-18(7-11-29-19)30(24,25)22-8-12-28-13-9-22)21-15-3-5-16(6-4-15)27-14-17-2-1-10-26-17/h3-7,11,17H,1-2,8-10,12-14H2,(H,21,23). The Morgan fingerprint density at radius 3 is 2.67 bits per heavy atom. The van der Waals surface area contributed by atoms with Crippen molar-refractivity contribution in [2.24, 2.45) is 0 Å². The van der Waals surface area contributed by atoms with Gasteiger partial charge in [-0.2, -0.15) is 16.1 Å². The molecule has 10 heteroatoms. The van der Waals surface area contributed by atoms with E-state index in [1.165, 1.54) is 10.4 Å². The normalized spacial score (nSPS) is 20.2. The van der Waals surface area contributed by atoms with Gasteiger partial charge in [0.2, 0.25) is 10.0 Å². The number of rotatable bonds is 7. The highest BCUT2D eigenvalue weighted by Crippen LogP contribution is 2.28. The van der Waals surface area contributed by atoms with Gasteiger partial charge in [0.1, 0.15) is 22.1 Å². The molecule has 2 fully saturated rings. The molecule has 0 spiro atoms. The molecule has 30 heavy (non-hydrogen) atoms. The third kappa shape index (κ3) is 5.00. The number of carbonyl (C=O) groups is 1. The van der Waals surface area contributed by atoms with Gasteiger partial charge in [-0.05, 0) is 48.6 Å². The Labute approximate surface area is 184 Å². The molecule has 4 rings (SSSR count). The van der Waals surface area contributed by atoms with E-state index in [-0.39, 0.29) is 15.9 Å². The van der Waals surface area contributed by atoms with Crippen LogP contribution in [0.4, 0.5) is 5.69 Å². The molecule has 2 aromatic rings. The van der Waals surface area contributed by atoms with Crippen LogP contribution in [0.1, 0.15) is 22.5 Å². The Kier molecular flexibility index (Phi) is 6.99. The molecule has 1 aromatic carbocycles. The van der Waals surface area contributed by atoms with E-state index in [4.69, 9.17) is 9.47 Å². The summed E-state index contributed by atoms with van der Waals surface area (Å²) in [5.41, 5.74) is 0.579. The van der Waals surface area contributed by atoms with Crippen molar-refractivity contribution < 1.29 is 22.7 Å². The Bertz CT molecular complexity index is 963. The molecule has 1 aromatic heterocycles. The number of ether oxygens (including phenoxy) is 2. The minimum atomic E-state index is -3.67. The van der Waals surface area contributed by atoms with Crippen LogP contribution in [0, 0.1) is 0 Å². The lowest BCUT2D eigenvalue weighted by Gasteiger charge is -2.25. The molecular weight excluding hydrogens is 444 g/mol. The molecule has 0 aliphatic carbocycles. The number of sulfonamides is 1. The molecule has 2 aliphatic rings. The first-order valence-electron chi connectivity index (χ1n) is 9.85. The number of amides is 1. The number of carbonyl (C=O) groups excluding carboxylic acids is 1. The van der Waals surface area contributed by atoms with Gasteiger partial charge in [-0.15, -0.1) is 11.3 Å². The summed E-state index contributed by atoms with van der Waals surface area (Å²) in [6, 6.07) is 8.56. The molecule has 162 valence electrons. The SMILES string of the molecule is O=C(Nc1ccc(OCC2CCCO2)cc1)c1sccc1S(=O)(=O)N1CCSCC1. The number of hydrogen-bond acceptors (Lipinski definition) is 7. The number of anilines is 1. The largest absolute Gasteiger partial charge is 0.491 e. The number of nitrogens with zero attached hydrogens (tertiary/aromatic N) is 1. The summed E-state index contributed by atoms with van der Waals surface area (Å²) in [5, 5.41) is 4.43. The highest BCUT2D eigenvalue weighted by atomic mass is 32.2. The average Bonchev–Trinajstić information content (AvgIpc) is 3.46. The van der Waals surface area contributed by atoms with Gasteiger partial charge in [0, 0.05) is 36.9 Å². The number of hydrogen-bond donors (Lipinski definition) is 1. The van der Waals surface area contributed by atoms with Crippen molar-refractivity contribution in [2.75, 3.05) is 43.1 Å². The predicted octanol–water partition coefficient (Wildman–Crippen LogP) is 3.30. The summed E-state index contributed by atoms with van der Waals surface area (Å²) in [5.74, 6) is 1.81. The molecule has 1 N–H and O–H groups in total. The third-order valence-corrected chi connectivity index (χ3v) is 8.92. The van der Waals surface area contributed by atoms with Crippen molar-refractivity contribution in [1.29, 1.82) is 0 Å². The van der Waals surface area contributed by atoms with Gasteiger partial charge in [-0.3, -0.25) is 4.79 Å². The molecular formula is C20H24N2O5S3. The number of nitrogens with one attached hydrogen (secondary N) is 1. The zero-order valence-electron chi connectivity index (χ0n) is 16.4. The molecule has 3 heterocycles. The zero-order chi connectivity index (χ0) is 21.0. The van der Waals surface area contributed by atoms with Gasteiger partial charge >= 0.3 is 0 Å². The van der Waals surface area contributed by atoms with Crippen molar-refractivity contribution >= 4 is 44.7 Å². The Morgan fingerprint density at radius 2 is 1.97 bits per heavy atom. The van der Waals surface area contributed by atoms with E-state index >= 15 is 0 Å². The molecule has 2 aliphatic heterocycles. The molecule has 0 radical (unpaired) electrons. The first kappa shape index (κ1) is 21.6.